The molecule has 150 valence electrons. The van der Waals surface area contributed by atoms with Gasteiger partial charge in [0.05, 0.1) is 0 Å². The molecule has 2 aromatic rings. The number of rotatable bonds is 5. The van der Waals surface area contributed by atoms with Gasteiger partial charge in [-0.3, -0.25) is 9.59 Å². The lowest BCUT2D eigenvalue weighted by Crippen LogP contribution is -2.20. The van der Waals surface area contributed by atoms with Crippen LogP contribution in [0.5, 0.6) is 0 Å². The Morgan fingerprint density at radius 2 is 1.79 bits per heavy atom. The molecule has 5 nitrogen and oxygen atoms in total. The first-order valence-electron chi connectivity index (χ1n) is 10.2. The van der Waals surface area contributed by atoms with Crippen molar-refractivity contribution >= 4 is 22.6 Å². The van der Waals surface area contributed by atoms with Gasteiger partial charge in [-0.15, -0.1) is 0 Å². The van der Waals surface area contributed by atoms with Gasteiger partial charge in [0, 0.05) is 53.9 Å². The molecule has 2 N–H and O–H groups in total. The minimum atomic E-state index is -0.446. The van der Waals surface area contributed by atoms with E-state index in [1.807, 2.05) is 18.3 Å². The number of hydrogen-bond acceptors (Lipinski definition) is 3. The van der Waals surface area contributed by atoms with Gasteiger partial charge >= 0.3 is 0 Å². The third-order valence-corrected chi connectivity index (χ3v) is 7.51. The van der Waals surface area contributed by atoms with E-state index in [1.165, 1.54) is 0 Å². The molecule has 1 amide bonds. The zero-order valence-corrected chi connectivity index (χ0v) is 17.2. The summed E-state index contributed by atoms with van der Waals surface area (Å²) in [5, 5.41) is 0.917. The van der Waals surface area contributed by atoms with Crippen molar-refractivity contribution in [1.29, 1.82) is 0 Å². The maximum Gasteiger partial charge on any atom is 0.248 e. The third kappa shape index (κ3) is 2.87. The molecular formula is C23H30N2O3. The molecule has 0 atom stereocenters. The number of aromatic nitrogens is 1. The molecule has 0 bridgehead atoms. The van der Waals surface area contributed by atoms with E-state index in [0.717, 1.165) is 49.1 Å². The monoisotopic (exact) mass is 382 g/mol. The average molecular weight is 383 g/mol. The number of nitrogens with zero attached hydrogens (tertiary/aromatic N) is 1. The number of carbonyl (C=O) groups is 2. The molecule has 1 aliphatic heterocycles. The van der Waals surface area contributed by atoms with Crippen LogP contribution in [-0.4, -0.2) is 29.5 Å². The number of benzene rings is 1. The van der Waals surface area contributed by atoms with Crippen molar-refractivity contribution in [3.05, 3.63) is 35.5 Å². The topological polar surface area (TPSA) is 74.3 Å². The summed E-state index contributed by atoms with van der Waals surface area (Å²) in [6.07, 6.45) is 4.03. The van der Waals surface area contributed by atoms with Crippen molar-refractivity contribution in [2.75, 3.05) is 13.2 Å². The van der Waals surface area contributed by atoms with E-state index in [4.69, 9.17) is 10.5 Å². The average Bonchev–Trinajstić information content (AvgIpc) is 2.90. The standard InChI is InChI=1S/C23H30N2O3/c1-22(2)20(23(22,3)4)19(26)17-13-25(12-14-7-9-28-10-8-14)18-11-15(21(24)27)5-6-16(17)18/h5-6,11,13-14,20H,7-10,12H2,1-4H3,(H2,24,27). The summed E-state index contributed by atoms with van der Waals surface area (Å²) in [7, 11) is 0. The lowest BCUT2D eigenvalue weighted by Gasteiger charge is -2.22. The number of amides is 1. The summed E-state index contributed by atoms with van der Waals surface area (Å²) in [4.78, 5) is 25.2. The van der Waals surface area contributed by atoms with Gasteiger partial charge in [-0.05, 0) is 41.7 Å². The van der Waals surface area contributed by atoms with Crippen LogP contribution in [-0.2, 0) is 11.3 Å². The Bertz CT molecular complexity index is 934. The summed E-state index contributed by atoms with van der Waals surface area (Å²) in [5.41, 5.74) is 7.65. The summed E-state index contributed by atoms with van der Waals surface area (Å²) >= 11 is 0. The molecular weight excluding hydrogens is 352 g/mol. The number of nitrogens with two attached hydrogens (primary N) is 1. The Kier molecular flexibility index (Phi) is 4.42. The van der Waals surface area contributed by atoms with Crippen molar-refractivity contribution in [3.63, 3.8) is 0 Å². The number of carbonyl (C=O) groups excluding carboxylic acids is 2. The van der Waals surface area contributed by atoms with Crippen LogP contribution in [0.1, 0.15) is 61.3 Å². The highest BCUT2D eigenvalue weighted by Crippen LogP contribution is 2.69. The Hall–Kier alpha value is -2.14. The van der Waals surface area contributed by atoms with Crippen LogP contribution in [0, 0.1) is 22.7 Å². The summed E-state index contributed by atoms with van der Waals surface area (Å²) in [6, 6.07) is 5.44. The Morgan fingerprint density at radius 3 is 2.36 bits per heavy atom. The van der Waals surface area contributed by atoms with Gasteiger partial charge in [0.1, 0.15) is 0 Å². The van der Waals surface area contributed by atoms with Crippen LogP contribution in [0.3, 0.4) is 0 Å². The van der Waals surface area contributed by atoms with Crippen LogP contribution in [0.2, 0.25) is 0 Å². The summed E-state index contributed by atoms with van der Waals surface area (Å²) in [5.74, 6) is 0.284. The second-order valence-electron chi connectivity index (χ2n) is 9.59. The van der Waals surface area contributed by atoms with Gasteiger partial charge in [-0.1, -0.05) is 33.8 Å². The number of ketones is 1. The minimum absolute atomic E-state index is 0.00756. The summed E-state index contributed by atoms with van der Waals surface area (Å²) < 4.78 is 7.63. The molecule has 1 saturated heterocycles. The first-order valence-corrected chi connectivity index (χ1v) is 10.2. The lowest BCUT2D eigenvalue weighted by atomic mass is 10.00. The van der Waals surface area contributed by atoms with Crippen molar-refractivity contribution in [1.82, 2.24) is 4.57 Å². The molecule has 4 rings (SSSR count). The maximum atomic E-state index is 13.5. The van der Waals surface area contributed by atoms with Crippen molar-refractivity contribution in [3.8, 4) is 0 Å². The second kappa shape index (κ2) is 6.45. The van der Waals surface area contributed by atoms with Crippen LogP contribution < -0.4 is 5.73 Å². The van der Waals surface area contributed by atoms with E-state index >= 15 is 0 Å². The summed E-state index contributed by atoms with van der Waals surface area (Å²) in [6.45, 7) is 11.1. The fraction of sp³-hybridized carbons (Fsp3) is 0.565. The molecule has 1 aromatic heterocycles. The molecule has 28 heavy (non-hydrogen) atoms. The number of ether oxygens (including phenoxy) is 1. The van der Waals surface area contributed by atoms with E-state index in [-0.39, 0.29) is 22.5 Å². The molecule has 0 radical (unpaired) electrons. The largest absolute Gasteiger partial charge is 0.381 e. The van der Waals surface area contributed by atoms with Gasteiger partial charge in [0.2, 0.25) is 5.91 Å². The second-order valence-corrected chi connectivity index (χ2v) is 9.59. The molecule has 1 saturated carbocycles. The van der Waals surface area contributed by atoms with Crippen LogP contribution in [0.25, 0.3) is 10.9 Å². The maximum absolute atomic E-state index is 13.5. The van der Waals surface area contributed by atoms with E-state index in [2.05, 4.69) is 32.3 Å². The molecule has 0 unspecified atom stereocenters. The van der Waals surface area contributed by atoms with Gasteiger partial charge in [0.25, 0.3) is 0 Å². The molecule has 2 fully saturated rings. The Morgan fingerprint density at radius 1 is 1.14 bits per heavy atom. The lowest BCUT2D eigenvalue weighted by molar-refractivity contribution is 0.0616. The Balaban J connectivity index is 1.76. The fourth-order valence-corrected chi connectivity index (χ4v) is 5.01. The zero-order valence-electron chi connectivity index (χ0n) is 17.2. The van der Waals surface area contributed by atoms with Crippen molar-refractivity contribution in [2.45, 2.75) is 47.1 Å². The molecule has 0 spiro atoms. The van der Waals surface area contributed by atoms with Crippen molar-refractivity contribution in [2.24, 2.45) is 28.4 Å². The van der Waals surface area contributed by atoms with Crippen LogP contribution >= 0.6 is 0 Å². The highest BCUT2D eigenvalue weighted by molar-refractivity contribution is 6.12. The first-order chi connectivity index (χ1) is 13.1. The Labute approximate surface area is 166 Å². The SMILES string of the molecule is CC1(C)C(C(=O)c2cn(CC3CCOCC3)c3cc(C(N)=O)ccc23)C1(C)C. The van der Waals surface area contributed by atoms with E-state index in [0.29, 0.717) is 11.5 Å². The fourth-order valence-electron chi connectivity index (χ4n) is 5.01. The molecule has 2 heterocycles. The van der Waals surface area contributed by atoms with Gasteiger partial charge in [0.15, 0.2) is 5.78 Å². The number of primary amides is 1. The zero-order chi connectivity index (χ0) is 20.3. The highest BCUT2D eigenvalue weighted by atomic mass is 16.5. The predicted octanol–water partition coefficient (Wildman–Crippen LogP) is 4.03. The quantitative estimate of drug-likeness (QED) is 0.793. The molecule has 2 aliphatic rings. The van der Waals surface area contributed by atoms with E-state index < -0.39 is 5.91 Å². The van der Waals surface area contributed by atoms with Gasteiger partial charge in [-0.25, -0.2) is 0 Å². The highest BCUT2D eigenvalue weighted by Gasteiger charge is 2.68. The van der Waals surface area contributed by atoms with E-state index in [9.17, 15) is 9.59 Å². The normalized spacial score (nSPS) is 21.7. The number of fused-ring (bicyclic) bond motifs is 1. The van der Waals surface area contributed by atoms with Gasteiger partial charge < -0.3 is 15.0 Å². The van der Waals surface area contributed by atoms with Crippen LogP contribution in [0.15, 0.2) is 24.4 Å². The molecule has 1 aliphatic carbocycles. The first kappa shape index (κ1) is 19.2. The van der Waals surface area contributed by atoms with Crippen molar-refractivity contribution < 1.29 is 14.3 Å². The van der Waals surface area contributed by atoms with Crippen LogP contribution in [0.4, 0.5) is 0 Å². The van der Waals surface area contributed by atoms with Gasteiger partial charge in [-0.2, -0.15) is 0 Å². The minimum Gasteiger partial charge on any atom is -0.381 e. The number of Topliss-reactive ketones (excluding diaryl/α,β-unsaturated/α-hetero) is 1. The molecule has 5 heteroatoms. The smallest absolute Gasteiger partial charge is 0.248 e. The third-order valence-electron chi connectivity index (χ3n) is 7.51. The number of hydrogen-bond donors (Lipinski definition) is 1. The predicted molar refractivity (Wildman–Crippen MR) is 109 cm³/mol. The molecule has 1 aromatic carbocycles. The van der Waals surface area contributed by atoms with E-state index in [1.54, 1.807) is 6.07 Å².